The van der Waals surface area contributed by atoms with Crippen LogP contribution in [0.5, 0.6) is 5.75 Å². The Morgan fingerprint density at radius 3 is 2.20 bits per heavy atom. The van der Waals surface area contributed by atoms with Gasteiger partial charge in [-0.1, -0.05) is 45.4 Å². The van der Waals surface area contributed by atoms with Crippen molar-refractivity contribution in [1.29, 1.82) is 0 Å². The van der Waals surface area contributed by atoms with Gasteiger partial charge < -0.3 is 14.6 Å². The molecule has 4 nitrogen and oxygen atoms in total. The lowest BCUT2D eigenvalue weighted by molar-refractivity contribution is -0.137. The number of hydrogen-bond acceptors (Lipinski definition) is 4. The van der Waals surface area contributed by atoms with Gasteiger partial charge in [-0.25, -0.2) is 0 Å². The van der Waals surface area contributed by atoms with Crippen LogP contribution in [0.3, 0.4) is 0 Å². The first-order valence-corrected chi connectivity index (χ1v) is 11.8. The summed E-state index contributed by atoms with van der Waals surface area (Å²) in [6.07, 6.45) is -3.57. The average molecular weight is 545 g/mol. The van der Waals surface area contributed by atoms with Crippen LogP contribution in [0, 0.1) is 6.92 Å². The van der Waals surface area contributed by atoms with E-state index < -0.39 is 11.7 Å². The van der Waals surface area contributed by atoms with Crippen LogP contribution in [0.4, 0.5) is 18.9 Å². The summed E-state index contributed by atoms with van der Waals surface area (Å²) >= 11 is 3.45. The Hall–Kier alpha value is -3.26. The lowest BCUT2D eigenvalue weighted by Crippen LogP contribution is -2.18. The second-order valence-electron chi connectivity index (χ2n) is 8.36. The maximum absolute atomic E-state index is 12.7. The van der Waals surface area contributed by atoms with Crippen molar-refractivity contribution < 1.29 is 22.4 Å². The number of alkyl halides is 3. The van der Waals surface area contributed by atoms with Crippen LogP contribution in [0.25, 0.3) is 11.3 Å². The fourth-order valence-corrected chi connectivity index (χ4v) is 3.93. The quantitative estimate of drug-likeness (QED) is 0.243. The van der Waals surface area contributed by atoms with Crippen molar-refractivity contribution in [3.63, 3.8) is 0 Å². The first-order valence-electron chi connectivity index (χ1n) is 11.1. The van der Waals surface area contributed by atoms with E-state index in [1.54, 1.807) is 0 Å². The van der Waals surface area contributed by atoms with E-state index in [2.05, 4.69) is 33.3 Å². The fourth-order valence-electron chi connectivity index (χ4n) is 3.67. The predicted molar refractivity (Wildman–Crippen MR) is 133 cm³/mol. The Morgan fingerprint density at radius 1 is 0.943 bits per heavy atom. The van der Waals surface area contributed by atoms with E-state index in [-0.39, 0.29) is 12.6 Å². The number of aryl methyl sites for hydroxylation is 1. The lowest BCUT2D eigenvalue weighted by atomic mass is 10.1. The molecule has 4 aromatic rings. The topological polar surface area (TPSA) is 47.3 Å². The standard InChI is InChI=1S/C27H24BrF3N2O2/c1-17(32-25-18(2)33-35-26(25)21-7-11-23(28)12-8-21)15-19-5-13-24(14-6-19)34-16-20-3-9-22(10-4-20)27(29,30)31/h3-14,17,32H,15-16H2,1-2H3. The molecule has 0 saturated carbocycles. The van der Waals surface area contributed by atoms with Crippen molar-refractivity contribution in [3.05, 3.63) is 99.7 Å². The number of rotatable bonds is 8. The Bertz CT molecular complexity index is 1250. The summed E-state index contributed by atoms with van der Waals surface area (Å²) in [5.41, 5.74) is 3.73. The minimum absolute atomic E-state index is 0.112. The first-order chi connectivity index (χ1) is 16.7. The molecule has 0 aliphatic carbocycles. The van der Waals surface area contributed by atoms with Gasteiger partial charge in [0.2, 0.25) is 0 Å². The zero-order chi connectivity index (χ0) is 25.0. The molecule has 0 saturated heterocycles. The molecule has 0 aliphatic heterocycles. The van der Waals surface area contributed by atoms with Gasteiger partial charge in [-0.05, 0) is 79.9 Å². The Morgan fingerprint density at radius 2 is 1.57 bits per heavy atom. The van der Waals surface area contributed by atoms with Crippen molar-refractivity contribution >= 4 is 21.6 Å². The van der Waals surface area contributed by atoms with Gasteiger partial charge in [0, 0.05) is 16.1 Å². The highest BCUT2D eigenvalue weighted by molar-refractivity contribution is 9.10. The molecule has 182 valence electrons. The van der Waals surface area contributed by atoms with E-state index in [4.69, 9.17) is 9.26 Å². The molecule has 1 N–H and O–H groups in total. The summed E-state index contributed by atoms with van der Waals surface area (Å²) in [7, 11) is 0. The summed E-state index contributed by atoms with van der Waals surface area (Å²) in [4.78, 5) is 0. The Balaban J connectivity index is 1.34. The summed E-state index contributed by atoms with van der Waals surface area (Å²) in [5.74, 6) is 1.36. The molecule has 0 amide bonds. The summed E-state index contributed by atoms with van der Waals surface area (Å²) in [6, 6.07) is 20.7. The molecule has 0 radical (unpaired) electrons. The molecule has 8 heteroatoms. The SMILES string of the molecule is Cc1noc(-c2ccc(Br)cc2)c1NC(C)Cc1ccc(OCc2ccc(C(F)(F)F)cc2)cc1. The van der Waals surface area contributed by atoms with Gasteiger partial charge in [-0.15, -0.1) is 0 Å². The van der Waals surface area contributed by atoms with Crippen molar-refractivity contribution in [2.75, 3.05) is 5.32 Å². The molecule has 1 atom stereocenters. The van der Waals surface area contributed by atoms with Crippen LogP contribution in [0.2, 0.25) is 0 Å². The van der Waals surface area contributed by atoms with Gasteiger partial charge in [0.15, 0.2) is 5.76 Å². The first kappa shape index (κ1) is 24.9. The molecular weight excluding hydrogens is 521 g/mol. The van der Waals surface area contributed by atoms with Gasteiger partial charge in [-0.3, -0.25) is 0 Å². The number of nitrogens with one attached hydrogen (secondary N) is 1. The third-order valence-corrected chi connectivity index (χ3v) is 6.04. The molecule has 0 aliphatic rings. The average Bonchev–Trinajstić information content (AvgIpc) is 3.18. The highest BCUT2D eigenvalue weighted by Crippen LogP contribution is 2.32. The number of hydrogen-bond donors (Lipinski definition) is 1. The minimum atomic E-state index is -4.34. The smallest absolute Gasteiger partial charge is 0.416 e. The largest absolute Gasteiger partial charge is 0.489 e. The van der Waals surface area contributed by atoms with E-state index in [1.807, 2.05) is 55.5 Å². The molecule has 1 aromatic heterocycles. The van der Waals surface area contributed by atoms with Gasteiger partial charge in [0.1, 0.15) is 23.7 Å². The maximum Gasteiger partial charge on any atom is 0.416 e. The molecule has 1 unspecified atom stereocenters. The van der Waals surface area contributed by atoms with Gasteiger partial charge >= 0.3 is 6.18 Å². The highest BCUT2D eigenvalue weighted by atomic mass is 79.9. The Labute approximate surface area is 210 Å². The van der Waals surface area contributed by atoms with Crippen molar-refractivity contribution in [1.82, 2.24) is 5.16 Å². The van der Waals surface area contributed by atoms with E-state index in [1.165, 1.54) is 12.1 Å². The maximum atomic E-state index is 12.7. The normalized spacial score (nSPS) is 12.4. The summed E-state index contributed by atoms with van der Waals surface area (Å²) in [6.45, 7) is 4.19. The Kier molecular flexibility index (Phi) is 7.50. The molecular formula is C27H24BrF3N2O2. The van der Waals surface area contributed by atoms with Crippen LogP contribution < -0.4 is 10.1 Å². The van der Waals surface area contributed by atoms with Crippen LogP contribution in [0.1, 0.15) is 29.3 Å². The van der Waals surface area contributed by atoms with Crippen molar-refractivity contribution in [3.8, 4) is 17.1 Å². The second kappa shape index (κ2) is 10.6. The highest BCUT2D eigenvalue weighted by Gasteiger charge is 2.29. The molecule has 0 bridgehead atoms. The van der Waals surface area contributed by atoms with Crippen LogP contribution >= 0.6 is 15.9 Å². The third-order valence-electron chi connectivity index (χ3n) is 5.51. The zero-order valence-electron chi connectivity index (χ0n) is 19.2. The number of halogens is 4. The van der Waals surface area contributed by atoms with Gasteiger partial charge in [0.25, 0.3) is 0 Å². The van der Waals surface area contributed by atoms with Crippen LogP contribution in [-0.2, 0) is 19.2 Å². The minimum Gasteiger partial charge on any atom is -0.489 e. The van der Waals surface area contributed by atoms with E-state index in [0.717, 1.165) is 45.5 Å². The molecule has 0 fully saturated rings. The lowest BCUT2D eigenvalue weighted by Gasteiger charge is -2.16. The zero-order valence-corrected chi connectivity index (χ0v) is 20.8. The van der Waals surface area contributed by atoms with Crippen LogP contribution in [0.15, 0.2) is 81.8 Å². The predicted octanol–water partition coefficient (Wildman–Crippen LogP) is 8.05. The second-order valence-corrected chi connectivity index (χ2v) is 9.27. The number of ether oxygens (including phenoxy) is 1. The van der Waals surface area contributed by atoms with Crippen LogP contribution in [-0.4, -0.2) is 11.2 Å². The molecule has 3 aromatic carbocycles. The van der Waals surface area contributed by atoms with Crippen molar-refractivity contribution in [2.24, 2.45) is 0 Å². The summed E-state index contributed by atoms with van der Waals surface area (Å²) in [5, 5.41) is 7.65. The van der Waals surface area contributed by atoms with E-state index >= 15 is 0 Å². The third kappa shape index (κ3) is 6.45. The number of aromatic nitrogens is 1. The molecule has 4 rings (SSSR count). The van der Waals surface area contributed by atoms with E-state index in [9.17, 15) is 13.2 Å². The molecule has 0 spiro atoms. The van der Waals surface area contributed by atoms with E-state index in [0.29, 0.717) is 17.1 Å². The molecule has 1 heterocycles. The van der Waals surface area contributed by atoms with Gasteiger partial charge in [-0.2, -0.15) is 13.2 Å². The number of anilines is 1. The monoisotopic (exact) mass is 544 g/mol. The van der Waals surface area contributed by atoms with Crippen molar-refractivity contribution in [2.45, 2.75) is 39.1 Å². The summed E-state index contributed by atoms with van der Waals surface area (Å²) < 4.78 is 50.4. The molecule has 35 heavy (non-hydrogen) atoms. The number of nitrogens with zero attached hydrogens (tertiary/aromatic N) is 1. The fraction of sp³-hybridized carbons (Fsp3) is 0.222. The van der Waals surface area contributed by atoms with Gasteiger partial charge in [0.05, 0.1) is 5.56 Å². The number of benzene rings is 3.